The highest BCUT2D eigenvalue weighted by Crippen LogP contribution is 2.25. The summed E-state index contributed by atoms with van der Waals surface area (Å²) in [5, 5.41) is 13.0. The summed E-state index contributed by atoms with van der Waals surface area (Å²) in [5.74, 6) is -1.58. The molecule has 0 bridgehead atoms. The number of hydrogen-bond acceptors (Lipinski definition) is 3. The first-order valence-corrected chi connectivity index (χ1v) is 7.53. The van der Waals surface area contributed by atoms with Gasteiger partial charge in [-0.1, -0.05) is 31.0 Å². The van der Waals surface area contributed by atoms with Crippen LogP contribution >= 0.6 is 0 Å². The molecule has 1 aliphatic carbocycles. The summed E-state index contributed by atoms with van der Waals surface area (Å²) in [6.45, 7) is 0. The fourth-order valence-corrected chi connectivity index (χ4v) is 3.05. The zero-order valence-electron chi connectivity index (χ0n) is 12.2. The summed E-state index contributed by atoms with van der Waals surface area (Å²) in [6, 6.07) is 9.07. The number of fused-ring (bicyclic) bond motifs is 1. The molecule has 5 heteroatoms. The highest BCUT2D eigenvalue weighted by atomic mass is 16.4. The van der Waals surface area contributed by atoms with E-state index in [1.165, 1.54) is 6.20 Å². The lowest BCUT2D eigenvalue weighted by Gasteiger charge is -2.29. The lowest BCUT2D eigenvalue weighted by molar-refractivity contribution is -0.143. The second-order valence-electron chi connectivity index (χ2n) is 5.73. The third-order valence-corrected chi connectivity index (χ3v) is 4.25. The molecule has 1 fully saturated rings. The number of aliphatic carboxylic acids is 1. The number of hydrogen-bond donors (Lipinski definition) is 2. The monoisotopic (exact) mass is 298 g/mol. The molecule has 1 heterocycles. The van der Waals surface area contributed by atoms with Crippen molar-refractivity contribution in [2.75, 3.05) is 0 Å². The molecule has 5 nitrogen and oxygen atoms in total. The van der Waals surface area contributed by atoms with Crippen LogP contribution in [0.5, 0.6) is 0 Å². The normalized spacial score (nSPS) is 21.5. The third kappa shape index (κ3) is 2.93. The van der Waals surface area contributed by atoms with Gasteiger partial charge in [0.2, 0.25) is 0 Å². The van der Waals surface area contributed by atoms with Crippen molar-refractivity contribution in [3.05, 3.63) is 42.1 Å². The molecule has 1 aromatic heterocycles. The average molecular weight is 298 g/mol. The lowest BCUT2D eigenvalue weighted by atomic mass is 9.84. The van der Waals surface area contributed by atoms with Crippen LogP contribution in [0.15, 0.2) is 36.5 Å². The number of carbonyl (C=O) groups is 2. The fourth-order valence-electron chi connectivity index (χ4n) is 3.05. The van der Waals surface area contributed by atoms with Crippen molar-refractivity contribution in [2.24, 2.45) is 5.92 Å². The van der Waals surface area contributed by atoms with Gasteiger partial charge in [0, 0.05) is 17.6 Å². The molecule has 2 atom stereocenters. The van der Waals surface area contributed by atoms with E-state index in [1.807, 2.05) is 24.3 Å². The molecule has 0 spiro atoms. The van der Waals surface area contributed by atoms with Gasteiger partial charge >= 0.3 is 5.97 Å². The SMILES string of the molecule is O=C(NC1CCCCC1C(=O)O)c1cnc2ccccc2c1. The highest BCUT2D eigenvalue weighted by molar-refractivity contribution is 5.97. The predicted octanol–water partition coefficient (Wildman–Crippen LogP) is 2.61. The molecule has 22 heavy (non-hydrogen) atoms. The molecule has 0 saturated heterocycles. The molecule has 1 saturated carbocycles. The maximum absolute atomic E-state index is 12.4. The van der Waals surface area contributed by atoms with Crippen LogP contribution in [-0.4, -0.2) is 28.0 Å². The zero-order valence-corrected chi connectivity index (χ0v) is 12.2. The van der Waals surface area contributed by atoms with Gasteiger partial charge in [-0.15, -0.1) is 0 Å². The van der Waals surface area contributed by atoms with Crippen molar-refractivity contribution in [2.45, 2.75) is 31.7 Å². The van der Waals surface area contributed by atoms with Gasteiger partial charge in [0.05, 0.1) is 17.0 Å². The summed E-state index contributed by atoms with van der Waals surface area (Å²) in [4.78, 5) is 27.9. The van der Waals surface area contributed by atoms with Gasteiger partial charge in [0.15, 0.2) is 0 Å². The Morgan fingerprint density at radius 2 is 1.95 bits per heavy atom. The Bertz CT molecular complexity index is 714. The second kappa shape index (κ2) is 6.13. The van der Waals surface area contributed by atoms with Crippen molar-refractivity contribution in [1.82, 2.24) is 10.3 Å². The molecule has 0 aliphatic heterocycles. The van der Waals surface area contributed by atoms with Crippen LogP contribution in [0.25, 0.3) is 10.9 Å². The molecule has 2 N–H and O–H groups in total. The van der Waals surface area contributed by atoms with Crippen molar-refractivity contribution >= 4 is 22.8 Å². The van der Waals surface area contributed by atoms with E-state index in [1.54, 1.807) is 6.07 Å². The Kier molecular flexibility index (Phi) is 4.04. The van der Waals surface area contributed by atoms with E-state index < -0.39 is 11.9 Å². The maximum atomic E-state index is 12.4. The van der Waals surface area contributed by atoms with Crippen LogP contribution in [0.3, 0.4) is 0 Å². The first-order valence-electron chi connectivity index (χ1n) is 7.53. The number of benzene rings is 1. The van der Waals surface area contributed by atoms with Crippen molar-refractivity contribution in [3.63, 3.8) is 0 Å². The van der Waals surface area contributed by atoms with E-state index in [2.05, 4.69) is 10.3 Å². The Morgan fingerprint density at radius 3 is 2.77 bits per heavy atom. The van der Waals surface area contributed by atoms with Crippen molar-refractivity contribution in [1.29, 1.82) is 0 Å². The first-order chi connectivity index (χ1) is 10.6. The van der Waals surface area contributed by atoms with Gasteiger partial charge in [-0.2, -0.15) is 0 Å². The Labute approximate surface area is 128 Å². The summed E-state index contributed by atoms with van der Waals surface area (Å²) in [5.41, 5.74) is 1.30. The van der Waals surface area contributed by atoms with Crippen molar-refractivity contribution < 1.29 is 14.7 Å². The maximum Gasteiger partial charge on any atom is 0.308 e. The fraction of sp³-hybridized carbons (Fsp3) is 0.353. The zero-order chi connectivity index (χ0) is 15.5. The summed E-state index contributed by atoms with van der Waals surface area (Å²) in [7, 11) is 0. The van der Waals surface area contributed by atoms with Crippen LogP contribution < -0.4 is 5.32 Å². The first kappa shape index (κ1) is 14.5. The Hall–Kier alpha value is -2.43. The van der Waals surface area contributed by atoms with E-state index in [9.17, 15) is 14.7 Å². The number of carboxylic acids is 1. The number of nitrogens with zero attached hydrogens (tertiary/aromatic N) is 1. The molecule has 1 aromatic carbocycles. The quantitative estimate of drug-likeness (QED) is 0.913. The molecule has 2 unspecified atom stereocenters. The van der Waals surface area contributed by atoms with E-state index in [-0.39, 0.29) is 11.9 Å². The minimum absolute atomic E-state index is 0.253. The van der Waals surface area contributed by atoms with Crippen LogP contribution in [0, 0.1) is 5.92 Å². The van der Waals surface area contributed by atoms with Crippen LogP contribution in [0.4, 0.5) is 0 Å². The van der Waals surface area contributed by atoms with Gasteiger partial charge in [0.25, 0.3) is 5.91 Å². The van der Waals surface area contributed by atoms with E-state index >= 15 is 0 Å². The summed E-state index contributed by atoms with van der Waals surface area (Å²) in [6.07, 6.45) is 4.72. The number of nitrogens with one attached hydrogen (secondary N) is 1. The van der Waals surface area contributed by atoms with E-state index in [4.69, 9.17) is 0 Å². The van der Waals surface area contributed by atoms with Gasteiger partial charge in [-0.05, 0) is 25.0 Å². The largest absolute Gasteiger partial charge is 0.481 e. The number of rotatable bonds is 3. The molecular formula is C17H18N2O3. The Morgan fingerprint density at radius 1 is 1.18 bits per heavy atom. The highest BCUT2D eigenvalue weighted by Gasteiger charge is 2.32. The van der Waals surface area contributed by atoms with Gasteiger partial charge in [-0.25, -0.2) is 0 Å². The number of amides is 1. The number of aromatic nitrogens is 1. The van der Waals surface area contributed by atoms with Crippen LogP contribution in [-0.2, 0) is 4.79 Å². The average Bonchev–Trinajstić information content (AvgIpc) is 2.54. The van der Waals surface area contributed by atoms with Gasteiger partial charge in [-0.3, -0.25) is 14.6 Å². The predicted molar refractivity (Wildman–Crippen MR) is 82.6 cm³/mol. The molecule has 0 radical (unpaired) electrons. The number of para-hydroxylation sites is 1. The smallest absolute Gasteiger partial charge is 0.308 e. The number of pyridine rings is 1. The number of carbonyl (C=O) groups excluding carboxylic acids is 1. The lowest BCUT2D eigenvalue weighted by Crippen LogP contribution is -2.45. The molecule has 114 valence electrons. The summed E-state index contributed by atoms with van der Waals surface area (Å²) < 4.78 is 0. The van der Waals surface area contributed by atoms with Crippen LogP contribution in [0.1, 0.15) is 36.0 Å². The van der Waals surface area contributed by atoms with Gasteiger partial charge < -0.3 is 10.4 Å². The minimum atomic E-state index is -0.832. The molecule has 1 aliphatic rings. The topological polar surface area (TPSA) is 79.3 Å². The minimum Gasteiger partial charge on any atom is -0.481 e. The van der Waals surface area contributed by atoms with Crippen molar-refractivity contribution in [3.8, 4) is 0 Å². The third-order valence-electron chi connectivity index (χ3n) is 4.25. The van der Waals surface area contributed by atoms with E-state index in [0.29, 0.717) is 18.4 Å². The molecule has 1 amide bonds. The molecule has 3 rings (SSSR count). The standard InChI is InChI=1S/C17H18N2O3/c20-16(19-15-8-4-2-6-13(15)17(21)22)12-9-11-5-1-3-7-14(11)18-10-12/h1,3,5,7,9-10,13,15H,2,4,6,8H2,(H,19,20)(H,21,22). The van der Waals surface area contributed by atoms with Crippen LogP contribution in [0.2, 0.25) is 0 Å². The Balaban J connectivity index is 1.78. The van der Waals surface area contributed by atoms with Gasteiger partial charge in [0.1, 0.15) is 0 Å². The second-order valence-corrected chi connectivity index (χ2v) is 5.73. The number of carboxylic acid groups (broad SMARTS) is 1. The van der Waals surface area contributed by atoms with E-state index in [0.717, 1.165) is 23.7 Å². The molecular weight excluding hydrogens is 280 g/mol. The summed E-state index contributed by atoms with van der Waals surface area (Å²) >= 11 is 0. The molecule has 2 aromatic rings.